The van der Waals surface area contributed by atoms with Crippen LogP contribution in [0.2, 0.25) is 0 Å². The Hall–Kier alpha value is -1.46. The standard InChI is InChI=1S/C9H9N3OS/c10-5-7-3-1-2-4-8(7)13-9-11-6-12-14-9/h1-4,6H,5,10H2. The maximum atomic E-state index is 5.57. The number of benzene rings is 1. The number of ether oxygens (including phenoxy) is 1. The lowest BCUT2D eigenvalue weighted by atomic mass is 10.2. The van der Waals surface area contributed by atoms with Gasteiger partial charge in [-0.25, -0.2) is 0 Å². The smallest absolute Gasteiger partial charge is 0.298 e. The van der Waals surface area contributed by atoms with E-state index in [9.17, 15) is 0 Å². The average Bonchev–Trinajstić information content (AvgIpc) is 2.71. The normalized spacial score (nSPS) is 10.1. The molecule has 0 spiro atoms. The molecule has 0 amide bonds. The van der Waals surface area contributed by atoms with Crippen molar-refractivity contribution >= 4 is 11.5 Å². The van der Waals surface area contributed by atoms with E-state index in [4.69, 9.17) is 10.5 Å². The summed E-state index contributed by atoms with van der Waals surface area (Å²) in [5.41, 5.74) is 6.53. The highest BCUT2D eigenvalue weighted by Crippen LogP contribution is 2.24. The van der Waals surface area contributed by atoms with Gasteiger partial charge in [0.15, 0.2) is 0 Å². The van der Waals surface area contributed by atoms with Gasteiger partial charge in [0.2, 0.25) is 0 Å². The van der Waals surface area contributed by atoms with Crippen LogP contribution in [-0.4, -0.2) is 9.36 Å². The summed E-state index contributed by atoms with van der Waals surface area (Å²) in [5.74, 6) is 0.742. The molecule has 2 rings (SSSR count). The number of para-hydroxylation sites is 1. The molecule has 0 atom stereocenters. The maximum absolute atomic E-state index is 5.57. The van der Waals surface area contributed by atoms with Crippen LogP contribution < -0.4 is 10.5 Å². The first-order chi connectivity index (χ1) is 6.90. The van der Waals surface area contributed by atoms with Crippen LogP contribution in [0.3, 0.4) is 0 Å². The first-order valence-corrected chi connectivity index (χ1v) is 4.90. The summed E-state index contributed by atoms with van der Waals surface area (Å²) in [6.45, 7) is 0.453. The summed E-state index contributed by atoms with van der Waals surface area (Å²) in [6, 6.07) is 7.62. The zero-order valence-electron chi connectivity index (χ0n) is 7.38. The molecule has 72 valence electrons. The van der Waals surface area contributed by atoms with E-state index in [1.807, 2.05) is 24.3 Å². The van der Waals surface area contributed by atoms with Crippen molar-refractivity contribution in [3.8, 4) is 10.9 Å². The fourth-order valence-corrected chi connectivity index (χ4v) is 1.48. The lowest BCUT2D eigenvalue weighted by molar-refractivity contribution is 0.473. The van der Waals surface area contributed by atoms with Gasteiger partial charge >= 0.3 is 0 Å². The number of nitrogens with zero attached hydrogens (tertiary/aromatic N) is 2. The summed E-state index contributed by atoms with van der Waals surface area (Å²) in [4.78, 5) is 3.93. The molecule has 0 saturated carbocycles. The van der Waals surface area contributed by atoms with E-state index in [2.05, 4.69) is 9.36 Å². The Balaban J connectivity index is 2.24. The third-order valence-electron chi connectivity index (χ3n) is 1.73. The molecule has 1 aromatic carbocycles. The fraction of sp³-hybridized carbons (Fsp3) is 0.111. The van der Waals surface area contributed by atoms with Gasteiger partial charge in [0, 0.05) is 23.6 Å². The number of aromatic nitrogens is 2. The van der Waals surface area contributed by atoms with Gasteiger partial charge in [0.25, 0.3) is 5.19 Å². The van der Waals surface area contributed by atoms with Gasteiger partial charge in [-0.05, 0) is 6.07 Å². The summed E-state index contributed by atoms with van der Waals surface area (Å²) >= 11 is 1.21. The van der Waals surface area contributed by atoms with Crippen LogP contribution in [0.4, 0.5) is 0 Å². The van der Waals surface area contributed by atoms with E-state index < -0.39 is 0 Å². The molecule has 0 bridgehead atoms. The van der Waals surface area contributed by atoms with Gasteiger partial charge in [-0.15, -0.1) is 0 Å². The first-order valence-electron chi connectivity index (χ1n) is 4.12. The largest absolute Gasteiger partial charge is 0.430 e. The van der Waals surface area contributed by atoms with E-state index in [1.165, 1.54) is 17.9 Å². The van der Waals surface area contributed by atoms with Gasteiger partial charge < -0.3 is 10.5 Å². The van der Waals surface area contributed by atoms with Gasteiger partial charge in [-0.3, -0.25) is 0 Å². The Morgan fingerprint density at radius 2 is 2.21 bits per heavy atom. The predicted molar refractivity (Wildman–Crippen MR) is 54.3 cm³/mol. The number of hydrogen-bond acceptors (Lipinski definition) is 5. The zero-order chi connectivity index (χ0) is 9.80. The number of rotatable bonds is 3. The average molecular weight is 207 g/mol. The number of hydrogen-bond donors (Lipinski definition) is 1. The molecular formula is C9H9N3OS. The maximum Gasteiger partial charge on any atom is 0.298 e. The minimum absolute atomic E-state index is 0.453. The summed E-state index contributed by atoms with van der Waals surface area (Å²) in [5, 5.41) is 0.533. The van der Waals surface area contributed by atoms with Crippen LogP contribution in [0.5, 0.6) is 10.9 Å². The highest BCUT2D eigenvalue weighted by Gasteiger charge is 2.04. The molecule has 0 radical (unpaired) electrons. The second-order valence-electron chi connectivity index (χ2n) is 2.62. The molecule has 1 aromatic heterocycles. The van der Waals surface area contributed by atoms with E-state index >= 15 is 0 Å². The summed E-state index contributed by atoms with van der Waals surface area (Å²) in [7, 11) is 0. The molecule has 2 N–H and O–H groups in total. The topological polar surface area (TPSA) is 61.0 Å². The van der Waals surface area contributed by atoms with Crippen LogP contribution in [0.25, 0.3) is 0 Å². The van der Waals surface area contributed by atoms with Gasteiger partial charge in [-0.1, -0.05) is 18.2 Å². The first kappa shape index (κ1) is 9.11. The minimum Gasteiger partial charge on any atom is -0.430 e. The van der Waals surface area contributed by atoms with Gasteiger partial charge in [-0.2, -0.15) is 9.36 Å². The molecule has 5 heteroatoms. The second-order valence-corrected chi connectivity index (χ2v) is 3.36. The third-order valence-corrected chi connectivity index (χ3v) is 2.28. The quantitative estimate of drug-likeness (QED) is 0.833. The van der Waals surface area contributed by atoms with E-state index in [0.29, 0.717) is 11.7 Å². The van der Waals surface area contributed by atoms with E-state index in [0.717, 1.165) is 11.3 Å². The molecule has 4 nitrogen and oxygen atoms in total. The van der Waals surface area contributed by atoms with Crippen molar-refractivity contribution in [2.45, 2.75) is 6.54 Å². The van der Waals surface area contributed by atoms with Crippen molar-refractivity contribution in [2.24, 2.45) is 5.73 Å². The fourth-order valence-electron chi connectivity index (χ4n) is 1.07. The summed E-state index contributed by atoms with van der Waals surface area (Å²) < 4.78 is 9.35. The molecule has 0 unspecified atom stereocenters. The minimum atomic E-state index is 0.453. The van der Waals surface area contributed by atoms with Crippen molar-refractivity contribution in [3.63, 3.8) is 0 Å². The molecule has 0 saturated heterocycles. The summed E-state index contributed by atoms with van der Waals surface area (Å²) in [6.07, 6.45) is 1.46. The molecule has 2 aromatic rings. The van der Waals surface area contributed by atoms with Crippen molar-refractivity contribution < 1.29 is 4.74 Å². The monoisotopic (exact) mass is 207 g/mol. The molecule has 14 heavy (non-hydrogen) atoms. The Morgan fingerprint density at radius 3 is 2.93 bits per heavy atom. The lowest BCUT2D eigenvalue weighted by Crippen LogP contribution is -1.98. The predicted octanol–water partition coefficient (Wildman–Crippen LogP) is 1.79. The lowest BCUT2D eigenvalue weighted by Gasteiger charge is -2.05. The van der Waals surface area contributed by atoms with Crippen LogP contribution in [-0.2, 0) is 6.54 Å². The number of nitrogens with two attached hydrogens (primary N) is 1. The second kappa shape index (κ2) is 4.17. The molecular weight excluding hydrogens is 198 g/mol. The molecule has 0 aliphatic rings. The Kier molecular flexibility index (Phi) is 2.71. The van der Waals surface area contributed by atoms with Crippen LogP contribution in [0.1, 0.15) is 5.56 Å². The third kappa shape index (κ3) is 1.89. The van der Waals surface area contributed by atoms with Crippen LogP contribution in [0.15, 0.2) is 30.6 Å². The van der Waals surface area contributed by atoms with Crippen LogP contribution in [0, 0.1) is 0 Å². The van der Waals surface area contributed by atoms with E-state index in [-0.39, 0.29) is 0 Å². The molecule has 0 aliphatic heterocycles. The SMILES string of the molecule is NCc1ccccc1Oc1ncns1. The van der Waals surface area contributed by atoms with Crippen molar-refractivity contribution in [1.82, 2.24) is 9.36 Å². The molecule has 1 heterocycles. The Labute approximate surface area is 85.5 Å². The van der Waals surface area contributed by atoms with Crippen molar-refractivity contribution in [2.75, 3.05) is 0 Å². The van der Waals surface area contributed by atoms with Crippen molar-refractivity contribution in [1.29, 1.82) is 0 Å². The molecule has 0 fully saturated rings. The van der Waals surface area contributed by atoms with Gasteiger partial charge in [0.05, 0.1) is 0 Å². The Bertz CT molecular complexity index is 402. The van der Waals surface area contributed by atoms with Gasteiger partial charge in [0.1, 0.15) is 12.1 Å². The van der Waals surface area contributed by atoms with Crippen LogP contribution >= 0.6 is 11.5 Å². The van der Waals surface area contributed by atoms with Crippen molar-refractivity contribution in [3.05, 3.63) is 36.2 Å². The zero-order valence-corrected chi connectivity index (χ0v) is 8.20. The highest BCUT2D eigenvalue weighted by molar-refractivity contribution is 7.07. The molecule has 0 aliphatic carbocycles. The van der Waals surface area contributed by atoms with E-state index in [1.54, 1.807) is 0 Å². The highest BCUT2D eigenvalue weighted by atomic mass is 32.1. The Morgan fingerprint density at radius 1 is 1.36 bits per heavy atom.